The number of aryl methyl sites for hydroxylation is 3. The van der Waals surface area contributed by atoms with Crippen LogP contribution in [-0.2, 0) is 27.1 Å². The van der Waals surface area contributed by atoms with Gasteiger partial charge in [0, 0.05) is 44.2 Å². The Bertz CT molecular complexity index is 1010. The molecule has 5 heteroatoms. The van der Waals surface area contributed by atoms with Crippen LogP contribution in [0.5, 0.6) is 0 Å². The van der Waals surface area contributed by atoms with Gasteiger partial charge in [0.1, 0.15) is 0 Å². The molecule has 2 aromatic heterocycles. The standard InChI is InChI=1S/C15H23NO.C13H20N2O/c1-3-7-13-10-14(11-16(2)15(13)17)12-8-5-4-6-9-12;1-15-9-12(7-11(8-14)13(15)16)10-5-3-2-4-6-10/h10-12H,3-9H2,1-2H3;7,9-10H,2-6,8,14H2,1H3. The van der Waals surface area contributed by atoms with Crippen molar-refractivity contribution in [3.63, 3.8) is 0 Å². The van der Waals surface area contributed by atoms with Gasteiger partial charge >= 0.3 is 0 Å². The van der Waals surface area contributed by atoms with Crippen LogP contribution in [-0.4, -0.2) is 9.13 Å². The van der Waals surface area contributed by atoms with E-state index in [4.69, 9.17) is 5.73 Å². The highest BCUT2D eigenvalue weighted by Gasteiger charge is 2.18. The quantitative estimate of drug-likeness (QED) is 0.670. The number of nitrogens with two attached hydrogens (primary N) is 1. The molecule has 33 heavy (non-hydrogen) atoms. The third-order valence-electron chi connectivity index (χ3n) is 7.45. The molecule has 0 unspecified atom stereocenters. The average molecular weight is 454 g/mol. The van der Waals surface area contributed by atoms with E-state index in [2.05, 4.69) is 19.2 Å². The summed E-state index contributed by atoms with van der Waals surface area (Å²) < 4.78 is 3.45. The van der Waals surface area contributed by atoms with Gasteiger partial charge in [-0.3, -0.25) is 9.59 Å². The summed E-state index contributed by atoms with van der Waals surface area (Å²) in [6, 6.07) is 4.18. The van der Waals surface area contributed by atoms with Crippen molar-refractivity contribution in [3.05, 3.63) is 67.5 Å². The summed E-state index contributed by atoms with van der Waals surface area (Å²) in [6.45, 7) is 2.47. The lowest BCUT2D eigenvalue weighted by atomic mass is 9.84. The van der Waals surface area contributed by atoms with Crippen molar-refractivity contribution in [2.75, 3.05) is 0 Å². The number of nitrogens with zero attached hydrogens (tertiary/aromatic N) is 2. The van der Waals surface area contributed by atoms with Crippen LogP contribution in [0.1, 0.15) is 112 Å². The minimum atomic E-state index is 0.0436. The van der Waals surface area contributed by atoms with Gasteiger partial charge < -0.3 is 14.9 Å². The summed E-state index contributed by atoms with van der Waals surface area (Å²) in [6.07, 6.45) is 19.1. The van der Waals surface area contributed by atoms with Gasteiger partial charge in [-0.15, -0.1) is 0 Å². The average Bonchev–Trinajstić information content (AvgIpc) is 2.85. The summed E-state index contributed by atoms with van der Waals surface area (Å²) in [4.78, 5) is 23.7. The van der Waals surface area contributed by atoms with E-state index >= 15 is 0 Å². The van der Waals surface area contributed by atoms with Crippen LogP contribution in [0.3, 0.4) is 0 Å². The fourth-order valence-electron chi connectivity index (χ4n) is 5.53. The number of hydrogen-bond donors (Lipinski definition) is 1. The molecule has 0 atom stereocenters. The maximum absolute atomic E-state index is 12.0. The maximum atomic E-state index is 12.0. The molecule has 0 saturated heterocycles. The highest BCUT2D eigenvalue weighted by Crippen LogP contribution is 2.33. The van der Waals surface area contributed by atoms with Crippen molar-refractivity contribution in [2.24, 2.45) is 19.8 Å². The first-order chi connectivity index (χ1) is 15.9. The van der Waals surface area contributed by atoms with Gasteiger partial charge in [0.05, 0.1) is 0 Å². The molecule has 2 N–H and O–H groups in total. The van der Waals surface area contributed by atoms with E-state index in [0.717, 1.165) is 24.0 Å². The molecular formula is C28H43N3O2. The smallest absolute Gasteiger partial charge is 0.254 e. The molecule has 0 bridgehead atoms. The Balaban J connectivity index is 0.000000186. The molecule has 2 aliphatic rings. The van der Waals surface area contributed by atoms with E-state index in [-0.39, 0.29) is 11.1 Å². The van der Waals surface area contributed by atoms with Gasteiger partial charge in [0.2, 0.25) is 0 Å². The first kappa shape index (κ1) is 25.5. The van der Waals surface area contributed by atoms with Gasteiger partial charge in [-0.05, 0) is 67.2 Å². The molecule has 0 aliphatic heterocycles. The monoisotopic (exact) mass is 453 g/mol. The Kier molecular flexibility index (Phi) is 9.54. The largest absolute Gasteiger partial charge is 0.326 e. The Hall–Kier alpha value is -2.14. The fraction of sp³-hybridized carbons (Fsp3) is 0.643. The zero-order valence-corrected chi connectivity index (χ0v) is 20.9. The fourth-order valence-corrected chi connectivity index (χ4v) is 5.53. The van der Waals surface area contributed by atoms with Crippen LogP contribution in [0.2, 0.25) is 0 Å². The van der Waals surface area contributed by atoms with Crippen molar-refractivity contribution in [3.8, 4) is 0 Å². The molecular weight excluding hydrogens is 410 g/mol. The number of hydrogen-bond acceptors (Lipinski definition) is 3. The summed E-state index contributed by atoms with van der Waals surface area (Å²) in [5.41, 5.74) is 10.3. The molecule has 2 aromatic rings. The molecule has 2 aliphatic carbocycles. The molecule has 4 rings (SSSR count). The third-order valence-corrected chi connectivity index (χ3v) is 7.45. The van der Waals surface area contributed by atoms with Crippen LogP contribution in [0, 0.1) is 0 Å². The van der Waals surface area contributed by atoms with Gasteiger partial charge in [0.15, 0.2) is 0 Å². The predicted octanol–water partition coefficient (Wildman–Crippen LogP) is 5.28. The topological polar surface area (TPSA) is 70.0 Å². The zero-order chi connectivity index (χ0) is 23.8. The SMILES string of the molecule is CCCc1cc(C2CCCCC2)cn(C)c1=O.Cn1cc(C2CCCCC2)cc(CN)c1=O. The zero-order valence-electron chi connectivity index (χ0n) is 20.9. The molecule has 2 saturated carbocycles. The van der Waals surface area contributed by atoms with E-state index in [1.807, 2.05) is 26.4 Å². The van der Waals surface area contributed by atoms with E-state index in [1.165, 1.54) is 75.3 Å². The predicted molar refractivity (Wildman–Crippen MR) is 137 cm³/mol. The Morgan fingerprint density at radius 2 is 1.18 bits per heavy atom. The van der Waals surface area contributed by atoms with Crippen molar-refractivity contribution in [1.82, 2.24) is 9.13 Å². The van der Waals surface area contributed by atoms with Gasteiger partial charge in [-0.1, -0.05) is 51.9 Å². The minimum Gasteiger partial charge on any atom is -0.326 e. The van der Waals surface area contributed by atoms with E-state index in [0.29, 0.717) is 18.4 Å². The van der Waals surface area contributed by atoms with Crippen molar-refractivity contribution in [2.45, 2.75) is 102 Å². The first-order valence-electron chi connectivity index (χ1n) is 13.0. The molecule has 0 amide bonds. The van der Waals surface area contributed by atoms with Crippen LogP contribution < -0.4 is 16.9 Å². The van der Waals surface area contributed by atoms with Crippen molar-refractivity contribution < 1.29 is 0 Å². The molecule has 0 spiro atoms. The number of pyridine rings is 2. The second kappa shape index (κ2) is 12.4. The lowest BCUT2D eigenvalue weighted by molar-refractivity contribution is 0.441. The molecule has 0 radical (unpaired) electrons. The maximum Gasteiger partial charge on any atom is 0.254 e. The third kappa shape index (κ3) is 6.69. The Morgan fingerprint density at radius 3 is 1.61 bits per heavy atom. The Labute approximate surface area is 199 Å². The van der Waals surface area contributed by atoms with Gasteiger partial charge in [-0.25, -0.2) is 0 Å². The highest BCUT2D eigenvalue weighted by atomic mass is 16.1. The van der Waals surface area contributed by atoms with Crippen LogP contribution in [0.4, 0.5) is 0 Å². The number of aromatic nitrogens is 2. The minimum absolute atomic E-state index is 0.0436. The van der Waals surface area contributed by atoms with Crippen LogP contribution in [0.15, 0.2) is 34.1 Å². The van der Waals surface area contributed by atoms with Gasteiger partial charge in [0.25, 0.3) is 11.1 Å². The van der Waals surface area contributed by atoms with E-state index in [9.17, 15) is 9.59 Å². The Morgan fingerprint density at radius 1 is 0.758 bits per heavy atom. The van der Waals surface area contributed by atoms with Crippen molar-refractivity contribution >= 4 is 0 Å². The summed E-state index contributed by atoms with van der Waals surface area (Å²) in [5, 5.41) is 0. The molecule has 182 valence electrons. The number of rotatable bonds is 5. The van der Waals surface area contributed by atoms with Crippen LogP contribution in [0.25, 0.3) is 0 Å². The molecule has 5 nitrogen and oxygen atoms in total. The highest BCUT2D eigenvalue weighted by molar-refractivity contribution is 5.24. The lowest BCUT2D eigenvalue weighted by Crippen LogP contribution is -2.24. The normalized spacial score (nSPS) is 17.5. The molecule has 2 fully saturated rings. The lowest BCUT2D eigenvalue weighted by Gasteiger charge is -2.23. The van der Waals surface area contributed by atoms with Crippen molar-refractivity contribution in [1.29, 1.82) is 0 Å². The summed E-state index contributed by atoms with van der Waals surface area (Å²) >= 11 is 0. The second-order valence-electron chi connectivity index (χ2n) is 10.1. The molecule has 0 aromatic carbocycles. The van der Waals surface area contributed by atoms with E-state index in [1.54, 1.807) is 9.13 Å². The summed E-state index contributed by atoms with van der Waals surface area (Å²) in [7, 11) is 3.70. The molecule has 2 heterocycles. The van der Waals surface area contributed by atoms with E-state index < -0.39 is 0 Å². The van der Waals surface area contributed by atoms with Gasteiger partial charge in [-0.2, -0.15) is 0 Å². The first-order valence-corrected chi connectivity index (χ1v) is 13.0. The second-order valence-corrected chi connectivity index (χ2v) is 10.1. The van der Waals surface area contributed by atoms with Crippen LogP contribution >= 0.6 is 0 Å². The summed E-state index contributed by atoms with van der Waals surface area (Å²) in [5.74, 6) is 1.32.